The highest BCUT2D eigenvalue weighted by atomic mass is 32.2. The van der Waals surface area contributed by atoms with Crippen molar-refractivity contribution in [2.75, 3.05) is 5.73 Å². The zero-order valence-electron chi connectivity index (χ0n) is 10.6. The fourth-order valence-corrected chi connectivity index (χ4v) is 2.74. The first-order chi connectivity index (χ1) is 10.1. The predicted octanol–water partition coefficient (Wildman–Crippen LogP) is 2.67. The molecule has 7 nitrogen and oxygen atoms in total. The van der Waals surface area contributed by atoms with Gasteiger partial charge in [0.1, 0.15) is 22.2 Å². The number of nitro groups is 1. The fourth-order valence-electron chi connectivity index (χ4n) is 1.83. The van der Waals surface area contributed by atoms with E-state index in [-0.39, 0.29) is 11.5 Å². The highest BCUT2D eigenvalue weighted by Crippen LogP contribution is 2.32. The van der Waals surface area contributed by atoms with E-state index in [0.717, 1.165) is 10.9 Å². The van der Waals surface area contributed by atoms with Gasteiger partial charge in [-0.3, -0.25) is 10.1 Å². The molecule has 0 spiro atoms. The summed E-state index contributed by atoms with van der Waals surface area (Å²) in [5, 5.41) is 12.8. The Balaban J connectivity index is 2.05. The summed E-state index contributed by atoms with van der Waals surface area (Å²) in [4.78, 5) is 22.8. The summed E-state index contributed by atoms with van der Waals surface area (Å²) in [7, 11) is 0. The largest absolute Gasteiger partial charge is 0.383 e. The second kappa shape index (κ2) is 5.33. The van der Waals surface area contributed by atoms with Crippen LogP contribution in [-0.4, -0.2) is 19.9 Å². The van der Waals surface area contributed by atoms with Gasteiger partial charge in [-0.05, 0) is 17.8 Å². The average molecular weight is 299 g/mol. The summed E-state index contributed by atoms with van der Waals surface area (Å²) in [6, 6.07) is 10.1. The number of rotatable bonds is 3. The standard InChI is InChI=1S/C13H9N5O2S/c14-11-5-8(18(19)20)6-12(17-11)21-13-9-3-1-2-4-10(9)15-7-16-13/h1-7H,(H2,14,17). The van der Waals surface area contributed by atoms with Crippen LogP contribution in [0.25, 0.3) is 10.9 Å². The lowest BCUT2D eigenvalue weighted by molar-refractivity contribution is -0.385. The third kappa shape index (κ3) is 2.75. The molecule has 1 aromatic carbocycles. The van der Waals surface area contributed by atoms with Gasteiger partial charge >= 0.3 is 0 Å². The van der Waals surface area contributed by atoms with Crippen LogP contribution < -0.4 is 5.73 Å². The van der Waals surface area contributed by atoms with Gasteiger partial charge < -0.3 is 5.73 Å². The third-order valence-corrected chi connectivity index (χ3v) is 3.66. The van der Waals surface area contributed by atoms with Crippen LogP contribution in [0, 0.1) is 10.1 Å². The first kappa shape index (κ1) is 13.3. The maximum atomic E-state index is 10.9. The number of pyridine rings is 1. The molecule has 0 bridgehead atoms. The van der Waals surface area contributed by atoms with Crippen molar-refractivity contribution >= 4 is 34.2 Å². The minimum absolute atomic E-state index is 0.0941. The molecule has 2 N–H and O–H groups in total. The van der Waals surface area contributed by atoms with Crippen LogP contribution in [0.15, 0.2) is 52.8 Å². The maximum Gasteiger partial charge on any atom is 0.275 e. The number of hydrogen-bond acceptors (Lipinski definition) is 7. The minimum atomic E-state index is -0.500. The van der Waals surface area contributed by atoms with Crippen molar-refractivity contribution in [3.63, 3.8) is 0 Å². The monoisotopic (exact) mass is 299 g/mol. The van der Waals surface area contributed by atoms with E-state index < -0.39 is 4.92 Å². The molecule has 0 radical (unpaired) electrons. The van der Waals surface area contributed by atoms with Crippen LogP contribution in [0.5, 0.6) is 0 Å². The molecule has 0 aliphatic carbocycles. The molecular formula is C13H9N5O2S. The van der Waals surface area contributed by atoms with Gasteiger partial charge in [0.2, 0.25) is 0 Å². The van der Waals surface area contributed by atoms with Gasteiger partial charge in [-0.2, -0.15) is 0 Å². The number of hydrogen-bond donors (Lipinski definition) is 1. The number of nitrogen functional groups attached to an aromatic ring is 1. The van der Waals surface area contributed by atoms with Crippen LogP contribution in [0.1, 0.15) is 0 Å². The smallest absolute Gasteiger partial charge is 0.275 e. The molecule has 104 valence electrons. The van der Waals surface area contributed by atoms with E-state index in [1.54, 1.807) is 0 Å². The number of nitrogens with zero attached hydrogens (tertiary/aromatic N) is 4. The molecule has 8 heteroatoms. The lowest BCUT2D eigenvalue weighted by Crippen LogP contribution is -1.96. The molecule has 0 aliphatic heterocycles. The Bertz CT molecular complexity index is 834. The zero-order chi connectivity index (χ0) is 14.8. The van der Waals surface area contributed by atoms with Crippen molar-refractivity contribution < 1.29 is 4.92 Å². The van der Waals surface area contributed by atoms with Gasteiger partial charge in [-0.1, -0.05) is 18.2 Å². The van der Waals surface area contributed by atoms with Gasteiger partial charge in [0, 0.05) is 11.5 Å². The van der Waals surface area contributed by atoms with E-state index in [1.807, 2.05) is 24.3 Å². The van der Waals surface area contributed by atoms with E-state index in [2.05, 4.69) is 15.0 Å². The van der Waals surface area contributed by atoms with Crippen molar-refractivity contribution in [2.45, 2.75) is 10.1 Å². The summed E-state index contributed by atoms with van der Waals surface area (Å²) in [6.45, 7) is 0. The summed E-state index contributed by atoms with van der Waals surface area (Å²) >= 11 is 1.22. The predicted molar refractivity (Wildman–Crippen MR) is 79.0 cm³/mol. The molecule has 0 fully saturated rings. The zero-order valence-corrected chi connectivity index (χ0v) is 11.4. The van der Waals surface area contributed by atoms with Gasteiger partial charge in [0.25, 0.3) is 5.69 Å². The minimum Gasteiger partial charge on any atom is -0.383 e. The highest BCUT2D eigenvalue weighted by molar-refractivity contribution is 7.99. The molecule has 2 heterocycles. The van der Waals surface area contributed by atoms with Crippen molar-refractivity contribution in [3.05, 3.63) is 52.8 Å². The molecule has 0 unspecified atom stereocenters. The number of fused-ring (bicyclic) bond motifs is 1. The van der Waals surface area contributed by atoms with E-state index in [9.17, 15) is 10.1 Å². The number of nitrogens with two attached hydrogens (primary N) is 1. The Kier molecular flexibility index (Phi) is 3.36. The van der Waals surface area contributed by atoms with Crippen molar-refractivity contribution in [1.82, 2.24) is 15.0 Å². The molecule has 3 aromatic rings. The second-order valence-electron chi connectivity index (χ2n) is 4.14. The van der Waals surface area contributed by atoms with Crippen LogP contribution in [0.3, 0.4) is 0 Å². The third-order valence-electron chi connectivity index (χ3n) is 2.72. The molecule has 0 amide bonds. The SMILES string of the molecule is Nc1cc([N+](=O)[O-])cc(Sc2ncnc3ccccc23)n1. The Morgan fingerprint density at radius 3 is 2.81 bits per heavy atom. The van der Waals surface area contributed by atoms with Gasteiger partial charge in [0.05, 0.1) is 16.5 Å². The summed E-state index contributed by atoms with van der Waals surface area (Å²) in [6.07, 6.45) is 1.45. The molecule has 0 atom stereocenters. The van der Waals surface area contributed by atoms with Crippen LogP contribution in [0.2, 0.25) is 0 Å². The highest BCUT2D eigenvalue weighted by Gasteiger charge is 2.12. The topological polar surface area (TPSA) is 108 Å². The van der Waals surface area contributed by atoms with Crippen LogP contribution in [-0.2, 0) is 0 Å². The molecule has 21 heavy (non-hydrogen) atoms. The van der Waals surface area contributed by atoms with Crippen LogP contribution >= 0.6 is 11.8 Å². The van der Waals surface area contributed by atoms with Gasteiger partial charge in [0.15, 0.2) is 0 Å². The lowest BCUT2D eigenvalue weighted by atomic mass is 10.2. The summed E-state index contributed by atoms with van der Waals surface area (Å²) in [5.41, 5.74) is 6.31. The first-order valence-corrected chi connectivity index (χ1v) is 6.75. The lowest BCUT2D eigenvalue weighted by Gasteiger charge is -2.04. The Labute approximate surface area is 123 Å². The Morgan fingerprint density at radius 1 is 1.19 bits per heavy atom. The normalized spacial score (nSPS) is 10.7. The molecular weight excluding hydrogens is 290 g/mol. The van der Waals surface area contributed by atoms with E-state index >= 15 is 0 Å². The maximum absolute atomic E-state index is 10.9. The number of aromatic nitrogens is 3. The Morgan fingerprint density at radius 2 is 2.00 bits per heavy atom. The molecule has 0 saturated carbocycles. The molecule has 0 saturated heterocycles. The van der Waals surface area contributed by atoms with Crippen molar-refractivity contribution in [1.29, 1.82) is 0 Å². The average Bonchev–Trinajstić information content (AvgIpc) is 2.47. The fraction of sp³-hybridized carbons (Fsp3) is 0. The van der Waals surface area contributed by atoms with Gasteiger partial charge in [-0.15, -0.1) is 0 Å². The Hall–Kier alpha value is -2.74. The molecule has 0 aliphatic rings. The molecule has 3 rings (SSSR count). The number of anilines is 1. The quantitative estimate of drug-likeness (QED) is 0.450. The molecule has 2 aromatic heterocycles. The van der Waals surface area contributed by atoms with Crippen molar-refractivity contribution in [3.8, 4) is 0 Å². The van der Waals surface area contributed by atoms with E-state index in [0.29, 0.717) is 10.1 Å². The van der Waals surface area contributed by atoms with E-state index in [4.69, 9.17) is 5.73 Å². The summed E-state index contributed by atoms with van der Waals surface area (Å²) in [5.74, 6) is 0.102. The second-order valence-corrected chi connectivity index (χ2v) is 5.15. The first-order valence-electron chi connectivity index (χ1n) is 5.93. The van der Waals surface area contributed by atoms with Crippen LogP contribution in [0.4, 0.5) is 11.5 Å². The van der Waals surface area contributed by atoms with Crippen molar-refractivity contribution in [2.24, 2.45) is 0 Å². The summed E-state index contributed by atoms with van der Waals surface area (Å²) < 4.78 is 0. The van der Waals surface area contributed by atoms with E-state index in [1.165, 1.54) is 30.2 Å². The van der Waals surface area contributed by atoms with Gasteiger partial charge in [-0.25, -0.2) is 15.0 Å². The number of para-hydroxylation sites is 1. The number of benzene rings is 1.